The van der Waals surface area contributed by atoms with Gasteiger partial charge in [0.25, 0.3) is 0 Å². The standard InChI is InChI=1S/C26H31N3O5/c1-5-29-25(14-9-20(30)16-18-6-10-21(32-2)11-7-18)27-28-26(29)15-12-22(31)19-8-13-23(33-3)24(17-19)34-4/h6-8,10-11,13,17H,5,9,12,14-16H2,1-4H3. The Balaban J connectivity index is 1.57. The lowest BCUT2D eigenvalue weighted by Crippen LogP contribution is -2.11. The van der Waals surface area contributed by atoms with Crippen molar-refractivity contribution < 1.29 is 23.8 Å². The third-order valence-corrected chi connectivity index (χ3v) is 5.69. The van der Waals surface area contributed by atoms with E-state index in [-0.39, 0.29) is 11.6 Å². The van der Waals surface area contributed by atoms with E-state index < -0.39 is 0 Å². The first-order valence-corrected chi connectivity index (χ1v) is 11.3. The summed E-state index contributed by atoms with van der Waals surface area (Å²) < 4.78 is 17.7. The summed E-state index contributed by atoms with van der Waals surface area (Å²) >= 11 is 0. The van der Waals surface area contributed by atoms with Crippen molar-refractivity contribution in [1.82, 2.24) is 14.8 Å². The van der Waals surface area contributed by atoms with Gasteiger partial charge >= 0.3 is 0 Å². The molecule has 3 aromatic rings. The Bertz CT molecular complexity index is 1120. The molecule has 0 fully saturated rings. The number of aromatic nitrogens is 3. The van der Waals surface area contributed by atoms with Gasteiger partial charge in [0.05, 0.1) is 21.3 Å². The monoisotopic (exact) mass is 465 g/mol. The van der Waals surface area contributed by atoms with Gasteiger partial charge in [0.2, 0.25) is 0 Å². The maximum absolute atomic E-state index is 12.7. The van der Waals surface area contributed by atoms with Crippen LogP contribution in [-0.4, -0.2) is 47.7 Å². The van der Waals surface area contributed by atoms with Crippen molar-refractivity contribution in [3.05, 3.63) is 65.2 Å². The molecular formula is C26H31N3O5. The molecule has 34 heavy (non-hydrogen) atoms. The van der Waals surface area contributed by atoms with Crippen molar-refractivity contribution in [1.29, 1.82) is 0 Å². The smallest absolute Gasteiger partial charge is 0.163 e. The molecule has 8 heteroatoms. The molecule has 180 valence electrons. The third-order valence-electron chi connectivity index (χ3n) is 5.69. The molecule has 0 aliphatic heterocycles. The number of hydrogen-bond donors (Lipinski definition) is 0. The number of carbonyl (C=O) groups excluding carboxylic acids is 2. The number of benzene rings is 2. The molecule has 0 unspecified atom stereocenters. The summed E-state index contributed by atoms with van der Waals surface area (Å²) in [5.74, 6) is 3.50. The van der Waals surface area contributed by atoms with Crippen molar-refractivity contribution in [3.63, 3.8) is 0 Å². The molecule has 1 aromatic heterocycles. The molecule has 0 aliphatic carbocycles. The number of nitrogens with zero attached hydrogens (tertiary/aromatic N) is 3. The van der Waals surface area contributed by atoms with Crippen LogP contribution in [0.2, 0.25) is 0 Å². The Morgan fingerprint density at radius 3 is 2.06 bits per heavy atom. The summed E-state index contributed by atoms with van der Waals surface area (Å²) in [5, 5.41) is 8.57. The number of methoxy groups -OCH3 is 3. The molecule has 0 atom stereocenters. The predicted octanol–water partition coefficient (Wildman–Crippen LogP) is 3.88. The lowest BCUT2D eigenvalue weighted by atomic mass is 10.1. The van der Waals surface area contributed by atoms with Gasteiger partial charge in [0, 0.05) is 44.2 Å². The van der Waals surface area contributed by atoms with Crippen molar-refractivity contribution in [2.24, 2.45) is 0 Å². The summed E-state index contributed by atoms with van der Waals surface area (Å²) in [7, 11) is 4.71. The number of carbonyl (C=O) groups is 2. The number of aryl methyl sites for hydroxylation is 2. The van der Waals surface area contributed by atoms with E-state index >= 15 is 0 Å². The lowest BCUT2D eigenvalue weighted by Gasteiger charge is -2.10. The van der Waals surface area contributed by atoms with Gasteiger partial charge in [0.1, 0.15) is 23.2 Å². The topological polar surface area (TPSA) is 92.5 Å². The molecule has 1 heterocycles. The zero-order valence-corrected chi connectivity index (χ0v) is 20.2. The molecule has 3 rings (SSSR count). The second kappa shape index (κ2) is 12.0. The second-order valence-electron chi connectivity index (χ2n) is 7.83. The third kappa shape index (κ3) is 6.21. The van der Waals surface area contributed by atoms with Crippen LogP contribution in [0.15, 0.2) is 42.5 Å². The fraction of sp³-hybridized carbons (Fsp3) is 0.385. The summed E-state index contributed by atoms with van der Waals surface area (Å²) in [5.41, 5.74) is 1.52. The molecule has 0 amide bonds. The van der Waals surface area contributed by atoms with E-state index in [0.717, 1.165) is 23.0 Å². The molecule has 0 aliphatic rings. The highest BCUT2D eigenvalue weighted by molar-refractivity contribution is 5.96. The van der Waals surface area contributed by atoms with Gasteiger partial charge in [-0.3, -0.25) is 9.59 Å². The first-order valence-electron chi connectivity index (χ1n) is 11.3. The van der Waals surface area contributed by atoms with Crippen molar-refractivity contribution in [2.75, 3.05) is 21.3 Å². The zero-order valence-electron chi connectivity index (χ0n) is 20.2. The van der Waals surface area contributed by atoms with E-state index in [2.05, 4.69) is 10.2 Å². The Kier molecular flexibility index (Phi) is 8.79. The Morgan fingerprint density at radius 1 is 0.824 bits per heavy atom. The van der Waals surface area contributed by atoms with Crippen LogP contribution < -0.4 is 14.2 Å². The largest absolute Gasteiger partial charge is 0.497 e. The van der Waals surface area contributed by atoms with E-state index in [1.54, 1.807) is 39.5 Å². The van der Waals surface area contributed by atoms with Crippen molar-refractivity contribution in [3.8, 4) is 17.2 Å². The minimum atomic E-state index is -0.0113. The van der Waals surface area contributed by atoms with Crippen LogP contribution in [0.5, 0.6) is 17.2 Å². The highest BCUT2D eigenvalue weighted by Crippen LogP contribution is 2.28. The molecule has 8 nitrogen and oxygen atoms in total. The highest BCUT2D eigenvalue weighted by Gasteiger charge is 2.16. The molecule has 0 saturated carbocycles. The summed E-state index contributed by atoms with van der Waals surface area (Å²) in [6.45, 7) is 2.68. The van der Waals surface area contributed by atoms with E-state index in [0.29, 0.717) is 55.7 Å². The SMILES string of the molecule is CCn1c(CCC(=O)Cc2ccc(OC)cc2)nnc1CCC(=O)c1ccc(OC)c(OC)c1. The Hall–Kier alpha value is -3.68. The predicted molar refractivity (Wildman–Crippen MR) is 128 cm³/mol. The Morgan fingerprint density at radius 2 is 1.47 bits per heavy atom. The van der Waals surface area contributed by atoms with Crippen LogP contribution in [0.4, 0.5) is 0 Å². The number of Topliss-reactive ketones (excluding diaryl/α,β-unsaturated/α-hetero) is 2. The first kappa shape index (κ1) is 25.0. The second-order valence-corrected chi connectivity index (χ2v) is 7.83. The summed E-state index contributed by atoms with van der Waals surface area (Å²) in [4.78, 5) is 25.2. The summed E-state index contributed by atoms with van der Waals surface area (Å²) in [6, 6.07) is 12.6. The van der Waals surface area contributed by atoms with Crippen LogP contribution in [0.3, 0.4) is 0 Å². The molecule has 2 aromatic carbocycles. The fourth-order valence-electron chi connectivity index (χ4n) is 3.80. The van der Waals surface area contributed by atoms with E-state index in [9.17, 15) is 9.59 Å². The van der Waals surface area contributed by atoms with Gasteiger partial charge in [-0.25, -0.2) is 0 Å². The normalized spacial score (nSPS) is 10.7. The molecule has 0 bridgehead atoms. The molecule has 0 saturated heterocycles. The van der Waals surface area contributed by atoms with Gasteiger partial charge in [-0.05, 0) is 42.8 Å². The minimum Gasteiger partial charge on any atom is -0.497 e. The van der Waals surface area contributed by atoms with Crippen LogP contribution in [0.25, 0.3) is 0 Å². The number of rotatable bonds is 13. The average molecular weight is 466 g/mol. The van der Waals surface area contributed by atoms with E-state index in [1.165, 1.54) is 0 Å². The van der Waals surface area contributed by atoms with Gasteiger partial charge in [0.15, 0.2) is 17.3 Å². The summed E-state index contributed by atoms with van der Waals surface area (Å²) in [6.07, 6.45) is 2.03. The minimum absolute atomic E-state index is 0.0113. The van der Waals surface area contributed by atoms with E-state index in [1.807, 2.05) is 35.8 Å². The molecule has 0 radical (unpaired) electrons. The van der Waals surface area contributed by atoms with Crippen LogP contribution in [0, 0.1) is 0 Å². The van der Waals surface area contributed by atoms with E-state index in [4.69, 9.17) is 14.2 Å². The zero-order chi connectivity index (χ0) is 24.5. The number of ketones is 2. The maximum atomic E-state index is 12.7. The highest BCUT2D eigenvalue weighted by atomic mass is 16.5. The maximum Gasteiger partial charge on any atom is 0.163 e. The Labute approximate surface area is 199 Å². The fourth-order valence-corrected chi connectivity index (χ4v) is 3.80. The van der Waals surface area contributed by atoms with Crippen LogP contribution in [-0.2, 0) is 30.6 Å². The molecular weight excluding hydrogens is 434 g/mol. The van der Waals surface area contributed by atoms with Crippen LogP contribution in [0.1, 0.15) is 47.3 Å². The quantitative estimate of drug-likeness (QED) is 0.354. The number of ether oxygens (including phenoxy) is 3. The average Bonchev–Trinajstić information content (AvgIpc) is 3.27. The van der Waals surface area contributed by atoms with Gasteiger partial charge in [-0.15, -0.1) is 10.2 Å². The molecule has 0 spiro atoms. The first-order chi connectivity index (χ1) is 16.5. The molecule has 0 N–H and O–H groups in total. The van der Waals surface area contributed by atoms with Gasteiger partial charge in [-0.2, -0.15) is 0 Å². The lowest BCUT2D eigenvalue weighted by molar-refractivity contribution is -0.118. The number of hydrogen-bond acceptors (Lipinski definition) is 7. The van der Waals surface area contributed by atoms with Crippen molar-refractivity contribution >= 4 is 11.6 Å². The van der Waals surface area contributed by atoms with Gasteiger partial charge in [-0.1, -0.05) is 12.1 Å². The van der Waals surface area contributed by atoms with Crippen molar-refractivity contribution in [2.45, 2.75) is 45.6 Å². The van der Waals surface area contributed by atoms with Gasteiger partial charge < -0.3 is 18.8 Å². The van der Waals surface area contributed by atoms with Crippen LogP contribution >= 0.6 is 0 Å².